The SMILES string of the molecule is C=CCN1C(=O)NC(c2cccc(Cl)c2)C2=C1CN(CC(=O)N(C)C(C)C)C2=O. The molecule has 1 aromatic carbocycles. The van der Waals surface area contributed by atoms with Crippen molar-refractivity contribution < 1.29 is 14.4 Å². The molecule has 4 amide bonds. The van der Waals surface area contributed by atoms with Gasteiger partial charge >= 0.3 is 6.03 Å². The van der Waals surface area contributed by atoms with E-state index >= 15 is 0 Å². The summed E-state index contributed by atoms with van der Waals surface area (Å²) >= 11 is 6.12. The number of benzene rings is 1. The molecule has 0 bridgehead atoms. The zero-order chi connectivity index (χ0) is 21.3. The molecule has 7 nitrogen and oxygen atoms in total. The van der Waals surface area contributed by atoms with E-state index in [0.29, 0.717) is 16.3 Å². The molecule has 0 fully saturated rings. The second-order valence-electron chi connectivity index (χ2n) is 7.46. The van der Waals surface area contributed by atoms with Gasteiger partial charge in [0.1, 0.15) is 6.54 Å². The van der Waals surface area contributed by atoms with Crippen LogP contribution in [0.25, 0.3) is 0 Å². The molecule has 3 rings (SSSR count). The van der Waals surface area contributed by atoms with Gasteiger partial charge in [-0.2, -0.15) is 0 Å². The van der Waals surface area contributed by atoms with Gasteiger partial charge in [0.25, 0.3) is 5.91 Å². The van der Waals surface area contributed by atoms with Gasteiger partial charge in [0.15, 0.2) is 0 Å². The van der Waals surface area contributed by atoms with Crippen molar-refractivity contribution in [1.29, 1.82) is 0 Å². The Morgan fingerprint density at radius 2 is 2.14 bits per heavy atom. The fourth-order valence-electron chi connectivity index (χ4n) is 3.50. The first-order valence-electron chi connectivity index (χ1n) is 9.47. The van der Waals surface area contributed by atoms with E-state index in [1.54, 1.807) is 36.2 Å². The van der Waals surface area contributed by atoms with E-state index in [-0.39, 0.29) is 43.5 Å². The number of amides is 4. The zero-order valence-corrected chi connectivity index (χ0v) is 17.6. The molecular weight excluding hydrogens is 392 g/mol. The number of carbonyl (C=O) groups excluding carboxylic acids is 3. The predicted molar refractivity (Wildman–Crippen MR) is 111 cm³/mol. The molecule has 1 aromatic rings. The van der Waals surface area contributed by atoms with E-state index in [9.17, 15) is 14.4 Å². The number of hydrogen-bond acceptors (Lipinski definition) is 3. The summed E-state index contributed by atoms with van der Waals surface area (Å²) in [5.41, 5.74) is 1.79. The van der Waals surface area contributed by atoms with Crippen LogP contribution in [0, 0.1) is 0 Å². The molecule has 2 heterocycles. The molecule has 29 heavy (non-hydrogen) atoms. The second-order valence-corrected chi connectivity index (χ2v) is 7.89. The molecular formula is C21H25ClN4O3. The van der Waals surface area contributed by atoms with Crippen molar-refractivity contribution in [3.05, 3.63) is 58.8 Å². The van der Waals surface area contributed by atoms with Crippen molar-refractivity contribution in [1.82, 2.24) is 20.0 Å². The van der Waals surface area contributed by atoms with Crippen LogP contribution in [-0.2, 0) is 9.59 Å². The van der Waals surface area contributed by atoms with Gasteiger partial charge in [0.05, 0.1) is 23.9 Å². The summed E-state index contributed by atoms with van der Waals surface area (Å²) in [4.78, 5) is 43.1. The topological polar surface area (TPSA) is 73.0 Å². The molecule has 2 aliphatic rings. The lowest BCUT2D eigenvalue weighted by atomic mass is 9.95. The van der Waals surface area contributed by atoms with E-state index in [4.69, 9.17) is 11.6 Å². The lowest BCUT2D eigenvalue weighted by Gasteiger charge is -2.33. The van der Waals surface area contributed by atoms with Crippen LogP contribution in [0.1, 0.15) is 25.5 Å². The molecule has 8 heteroatoms. The number of hydrogen-bond donors (Lipinski definition) is 1. The summed E-state index contributed by atoms with van der Waals surface area (Å²) < 4.78 is 0. The van der Waals surface area contributed by atoms with Crippen molar-refractivity contribution in [3.8, 4) is 0 Å². The highest BCUT2D eigenvalue weighted by atomic mass is 35.5. The zero-order valence-electron chi connectivity index (χ0n) is 16.8. The third-order valence-corrected chi connectivity index (χ3v) is 5.52. The molecule has 1 N–H and O–H groups in total. The van der Waals surface area contributed by atoms with Gasteiger partial charge in [0.2, 0.25) is 5.91 Å². The van der Waals surface area contributed by atoms with Crippen LogP contribution in [0.4, 0.5) is 4.79 Å². The number of rotatable bonds is 6. The number of nitrogens with zero attached hydrogens (tertiary/aromatic N) is 3. The summed E-state index contributed by atoms with van der Waals surface area (Å²) in [5, 5.41) is 3.41. The minimum atomic E-state index is -0.618. The minimum absolute atomic E-state index is 0.0301. The van der Waals surface area contributed by atoms with Crippen molar-refractivity contribution >= 4 is 29.4 Å². The smallest absolute Gasteiger partial charge is 0.322 e. The van der Waals surface area contributed by atoms with Gasteiger partial charge < -0.3 is 15.1 Å². The quantitative estimate of drug-likeness (QED) is 0.724. The second kappa shape index (κ2) is 8.29. The maximum absolute atomic E-state index is 13.3. The van der Waals surface area contributed by atoms with Crippen molar-refractivity contribution in [2.45, 2.75) is 25.9 Å². The number of halogens is 1. The minimum Gasteiger partial charge on any atom is -0.342 e. The first kappa shape index (κ1) is 20.9. The standard InChI is InChI=1S/C21H25ClN4O3/c1-5-9-26-16-11-25(12-17(27)24(4)13(2)3)20(28)18(16)19(23-21(26)29)14-7-6-8-15(22)10-14/h5-8,10,13,19H,1,9,11-12H2,2-4H3,(H,23,29). The van der Waals surface area contributed by atoms with Crippen molar-refractivity contribution in [3.63, 3.8) is 0 Å². The van der Waals surface area contributed by atoms with Gasteiger partial charge in [-0.15, -0.1) is 6.58 Å². The molecule has 0 saturated heterocycles. The highest BCUT2D eigenvalue weighted by Crippen LogP contribution is 2.36. The van der Waals surface area contributed by atoms with Gasteiger partial charge in [-0.05, 0) is 31.5 Å². The average molecular weight is 417 g/mol. The van der Waals surface area contributed by atoms with Crippen LogP contribution < -0.4 is 5.32 Å². The van der Waals surface area contributed by atoms with E-state index in [0.717, 1.165) is 5.56 Å². The molecule has 2 aliphatic heterocycles. The Morgan fingerprint density at radius 1 is 1.41 bits per heavy atom. The van der Waals surface area contributed by atoms with Gasteiger partial charge in [-0.25, -0.2) is 4.79 Å². The lowest BCUT2D eigenvalue weighted by molar-refractivity contribution is -0.137. The Balaban J connectivity index is 1.95. The Labute approximate surface area is 175 Å². The van der Waals surface area contributed by atoms with Crippen LogP contribution in [-0.4, -0.2) is 65.3 Å². The highest BCUT2D eigenvalue weighted by molar-refractivity contribution is 6.30. The van der Waals surface area contributed by atoms with E-state index < -0.39 is 6.04 Å². The molecule has 0 saturated carbocycles. The first-order valence-corrected chi connectivity index (χ1v) is 9.84. The molecule has 0 aromatic heterocycles. The Bertz CT molecular complexity index is 896. The van der Waals surface area contributed by atoms with E-state index in [1.165, 1.54) is 9.80 Å². The summed E-state index contributed by atoms with van der Waals surface area (Å²) in [6.07, 6.45) is 1.61. The van der Waals surface area contributed by atoms with Crippen LogP contribution in [0.15, 0.2) is 48.2 Å². The van der Waals surface area contributed by atoms with Gasteiger partial charge in [-0.3, -0.25) is 14.5 Å². The molecule has 1 atom stereocenters. The number of nitrogens with one attached hydrogen (secondary N) is 1. The number of likely N-dealkylation sites (N-methyl/N-ethyl adjacent to an activating group) is 1. The van der Waals surface area contributed by atoms with Crippen molar-refractivity contribution in [2.75, 3.05) is 26.7 Å². The maximum Gasteiger partial charge on any atom is 0.322 e. The molecule has 0 aliphatic carbocycles. The third-order valence-electron chi connectivity index (χ3n) is 5.28. The van der Waals surface area contributed by atoms with Gasteiger partial charge in [-0.1, -0.05) is 29.8 Å². The number of urea groups is 1. The van der Waals surface area contributed by atoms with Crippen LogP contribution in [0.5, 0.6) is 0 Å². The summed E-state index contributed by atoms with van der Waals surface area (Å²) in [5.74, 6) is -0.411. The normalized spacial score (nSPS) is 18.9. The molecule has 0 spiro atoms. The Morgan fingerprint density at radius 3 is 2.76 bits per heavy atom. The van der Waals surface area contributed by atoms with E-state index in [1.807, 2.05) is 19.9 Å². The number of carbonyl (C=O) groups is 3. The first-order chi connectivity index (χ1) is 13.7. The lowest BCUT2D eigenvalue weighted by Crippen LogP contribution is -2.47. The molecule has 154 valence electrons. The van der Waals surface area contributed by atoms with Crippen LogP contribution >= 0.6 is 11.6 Å². The van der Waals surface area contributed by atoms with Crippen molar-refractivity contribution in [2.24, 2.45) is 0 Å². The summed E-state index contributed by atoms with van der Waals surface area (Å²) in [6.45, 7) is 7.95. The fraction of sp³-hybridized carbons (Fsp3) is 0.381. The molecule has 1 unspecified atom stereocenters. The third kappa shape index (κ3) is 4.00. The summed E-state index contributed by atoms with van der Waals surface area (Å²) in [6, 6.07) is 6.16. The van der Waals surface area contributed by atoms with Gasteiger partial charge in [0, 0.05) is 24.7 Å². The largest absolute Gasteiger partial charge is 0.342 e. The Kier molecular flexibility index (Phi) is 5.98. The van der Waals surface area contributed by atoms with Crippen LogP contribution in [0.2, 0.25) is 5.02 Å². The predicted octanol–water partition coefficient (Wildman–Crippen LogP) is 2.56. The maximum atomic E-state index is 13.3. The summed E-state index contributed by atoms with van der Waals surface area (Å²) in [7, 11) is 1.71. The van der Waals surface area contributed by atoms with Crippen LogP contribution in [0.3, 0.4) is 0 Å². The molecule has 0 radical (unpaired) electrons. The van der Waals surface area contributed by atoms with E-state index in [2.05, 4.69) is 11.9 Å². The average Bonchev–Trinajstić information content (AvgIpc) is 2.99. The fourth-order valence-corrected chi connectivity index (χ4v) is 3.70. The Hall–Kier alpha value is -2.80. The monoisotopic (exact) mass is 416 g/mol. The highest BCUT2D eigenvalue weighted by Gasteiger charge is 2.44.